The lowest BCUT2D eigenvalue weighted by atomic mass is 9.61. The van der Waals surface area contributed by atoms with E-state index >= 15 is 0 Å². The van der Waals surface area contributed by atoms with E-state index in [2.05, 4.69) is 24.3 Å². The van der Waals surface area contributed by atoms with E-state index in [4.69, 9.17) is 9.47 Å². The third-order valence-electron chi connectivity index (χ3n) is 10.7. The van der Waals surface area contributed by atoms with Gasteiger partial charge in [-0.05, 0) is 61.8 Å². The molecule has 4 aliphatic carbocycles. The van der Waals surface area contributed by atoms with Gasteiger partial charge in [0.2, 0.25) is 0 Å². The third kappa shape index (κ3) is 6.13. The van der Waals surface area contributed by atoms with Crippen LogP contribution in [0.4, 0.5) is 4.79 Å². The number of hydrogen-bond acceptors (Lipinski definition) is 9. The van der Waals surface area contributed by atoms with Crippen LogP contribution in [0.25, 0.3) is 0 Å². The first-order valence-electron chi connectivity index (χ1n) is 16.7. The van der Waals surface area contributed by atoms with Crippen molar-refractivity contribution < 1.29 is 23.9 Å². The van der Waals surface area contributed by atoms with Gasteiger partial charge in [0, 0.05) is 36.5 Å². The van der Waals surface area contributed by atoms with Crippen LogP contribution < -0.4 is 0 Å². The molecule has 0 saturated carbocycles. The summed E-state index contributed by atoms with van der Waals surface area (Å²) in [7, 11) is 0. The van der Waals surface area contributed by atoms with Gasteiger partial charge in [0.25, 0.3) is 0 Å². The fraction of sp³-hybridized carbons (Fsp3) is 0.615. The van der Waals surface area contributed by atoms with Crippen molar-refractivity contribution in [3.8, 4) is 24.3 Å². The van der Waals surface area contributed by atoms with E-state index in [0.29, 0.717) is 48.0 Å². The van der Waals surface area contributed by atoms with Gasteiger partial charge in [-0.3, -0.25) is 9.59 Å². The number of allylic oxidation sites excluding steroid dienone is 6. The normalized spacial score (nSPS) is 27.8. The van der Waals surface area contributed by atoms with Crippen molar-refractivity contribution in [3.63, 3.8) is 0 Å². The van der Waals surface area contributed by atoms with Crippen molar-refractivity contribution in [2.45, 2.75) is 119 Å². The molecule has 9 nitrogen and oxygen atoms in total. The van der Waals surface area contributed by atoms with E-state index in [-0.39, 0.29) is 37.2 Å². The molecule has 0 radical (unpaired) electrons. The van der Waals surface area contributed by atoms with Crippen LogP contribution >= 0.6 is 0 Å². The van der Waals surface area contributed by atoms with E-state index in [1.165, 1.54) is 0 Å². The second kappa shape index (κ2) is 12.5. The average Bonchev–Trinajstić information content (AvgIpc) is 3.24. The van der Waals surface area contributed by atoms with Crippen LogP contribution in [0.15, 0.2) is 46.6 Å². The number of nitrogens with zero attached hydrogens (tertiary/aromatic N) is 4. The van der Waals surface area contributed by atoms with Gasteiger partial charge >= 0.3 is 6.16 Å². The minimum Gasteiger partial charge on any atom is -0.426 e. The minimum atomic E-state index is -1.61. The van der Waals surface area contributed by atoms with E-state index in [0.717, 1.165) is 0 Å². The maximum Gasteiger partial charge on any atom is 0.509 e. The summed E-state index contributed by atoms with van der Waals surface area (Å²) in [4.78, 5) is 40.3. The van der Waals surface area contributed by atoms with Gasteiger partial charge in [-0.25, -0.2) is 4.79 Å². The van der Waals surface area contributed by atoms with Crippen LogP contribution in [0, 0.1) is 77.8 Å². The van der Waals surface area contributed by atoms with Crippen molar-refractivity contribution in [2.24, 2.45) is 32.5 Å². The zero-order valence-corrected chi connectivity index (χ0v) is 29.5. The van der Waals surface area contributed by atoms with Crippen molar-refractivity contribution in [3.05, 3.63) is 46.6 Å². The second-order valence-corrected chi connectivity index (χ2v) is 16.4. The number of hydrogen-bond donors (Lipinski definition) is 0. The standard InChI is InChI=1S/C39H46N4O5/c1-34(2,3)31(25-15-17-36(7)27(11-9-13-29(36)44)38(19-25,21-40)22-41)47-33(46)48-32(35(4,5)6)26-16-18-37(8)28(12-10-14-30(37)45)39(20-26,23-42)24-43/h11-12,15-16,31-32H,9-10,13-14,17-20H2,1-8H3. The Hall–Kier alpha value is -4.47. The Morgan fingerprint density at radius 3 is 1.29 bits per heavy atom. The van der Waals surface area contributed by atoms with Crippen LogP contribution in [-0.2, 0) is 19.1 Å². The van der Waals surface area contributed by atoms with E-state index in [1.807, 2.05) is 65.8 Å². The summed E-state index contributed by atoms with van der Waals surface area (Å²) >= 11 is 0. The molecule has 0 spiro atoms. The molecule has 0 aliphatic heterocycles. The van der Waals surface area contributed by atoms with Crippen molar-refractivity contribution in [1.29, 1.82) is 21.0 Å². The fourth-order valence-electron chi connectivity index (χ4n) is 8.04. The number of rotatable bonds is 4. The first-order valence-corrected chi connectivity index (χ1v) is 16.7. The molecular weight excluding hydrogens is 604 g/mol. The molecule has 0 aromatic rings. The van der Waals surface area contributed by atoms with Crippen LogP contribution in [0.3, 0.4) is 0 Å². The molecule has 0 N–H and O–H groups in total. The molecule has 0 bridgehead atoms. The predicted molar refractivity (Wildman–Crippen MR) is 177 cm³/mol. The number of ether oxygens (including phenoxy) is 2. The second-order valence-electron chi connectivity index (χ2n) is 16.4. The van der Waals surface area contributed by atoms with E-state index < -0.39 is 50.9 Å². The highest BCUT2D eigenvalue weighted by molar-refractivity contribution is 5.91. The molecule has 4 aliphatic rings. The quantitative estimate of drug-likeness (QED) is 0.216. The maximum absolute atomic E-state index is 13.9. The lowest BCUT2D eigenvalue weighted by molar-refractivity contribution is -0.127. The third-order valence-corrected chi connectivity index (χ3v) is 10.7. The Balaban J connectivity index is 1.72. The van der Waals surface area contributed by atoms with Crippen LogP contribution in [-0.4, -0.2) is 29.9 Å². The summed E-state index contributed by atoms with van der Waals surface area (Å²) in [5.41, 5.74) is -4.51. The Labute approximate surface area is 284 Å². The summed E-state index contributed by atoms with van der Waals surface area (Å²) in [6.07, 6.45) is 6.62. The monoisotopic (exact) mass is 650 g/mol. The van der Waals surface area contributed by atoms with Gasteiger partial charge in [-0.1, -0.05) is 65.8 Å². The Bertz CT molecular complexity index is 1550. The van der Waals surface area contributed by atoms with Crippen molar-refractivity contribution in [1.82, 2.24) is 0 Å². The highest BCUT2D eigenvalue weighted by atomic mass is 16.7. The minimum absolute atomic E-state index is 0.0262. The first kappa shape index (κ1) is 36.4. The number of nitriles is 4. The van der Waals surface area contributed by atoms with Gasteiger partial charge in [-0.2, -0.15) is 21.0 Å². The highest BCUT2D eigenvalue weighted by Crippen LogP contribution is 2.55. The summed E-state index contributed by atoms with van der Waals surface area (Å²) < 4.78 is 12.2. The molecule has 0 aromatic carbocycles. The first-order chi connectivity index (χ1) is 22.3. The van der Waals surface area contributed by atoms with Gasteiger partial charge in [0.1, 0.15) is 23.8 Å². The summed E-state index contributed by atoms with van der Waals surface area (Å²) in [5.74, 6) is -0.0524. The van der Waals surface area contributed by atoms with Gasteiger partial charge < -0.3 is 9.47 Å². The van der Waals surface area contributed by atoms with Gasteiger partial charge in [-0.15, -0.1) is 0 Å². The number of carbonyl (C=O) groups excluding carboxylic acids is 3. The van der Waals surface area contributed by atoms with Gasteiger partial charge in [0.05, 0.1) is 35.1 Å². The van der Waals surface area contributed by atoms with Crippen molar-refractivity contribution in [2.75, 3.05) is 0 Å². The number of fused-ring (bicyclic) bond motifs is 2. The molecule has 4 unspecified atom stereocenters. The molecule has 4 atom stereocenters. The largest absolute Gasteiger partial charge is 0.509 e. The Kier molecular flexibility index (Phi) is 9.49. The lowest BCUT2D eigenvalue weighted by Crippen LogP contribution is -2.41. The topological polar surface area (TPSA) is 165 Å². The molecule has 0 heterocycles. The van der Waals surface area contributed by atoms with E-state index in [1.54, 1.807) is 13.8 Å². The summed E-state index contributed by atoms with van der Waals surface area (Å²) in [6, 6.07) is 8.82. The Morgan fingerprint density at radius 2 is 1.00 bits per heavy atom. The van der Waals surface area contributed by atoms with Crippen LogP contribution in [0.2, 0.25) is 0 Å². The number of ketones is 2. The Morgan fingerprint density at radius 1 is 0.667 bits per heavy atom. The molecular formula is C39H46N4O5. The highest BCUT2D eigenvalue weighted by Gasteiger charge is 2.54. The lowest BCUT2D eigenvalue weighted by Gasteiger charge is -2.38. The van der Waals surface area contributed by atoms with Crippen molar-refractivity contribution >= 4 is 17.7 Å². The van der Waals surface area contributed by atoms with Gasteiger partial charge in [0.15, 0.2) is 10.8 Å². The summed E-state index contributed by atoms with van der Waals surface area (Å²) in [5, 5.41) is 41.6. The number of Topliss-reactive ketones (excluding diaryl/α,β-unsaturated/α-hetero) is 2. The molecule has 0 fully saturated rings. The molecule has 0 aromatic heterocycles. The zero-order chi connectivity index (χ0) is 35.9. The molecule has 0 saturated heterocycles. The molecule has 252 valence electrons. The molecule has 0 amide bonds. The molecule has 4 rings (SSSR count). The molecule has 9 heteroatoms. The SMILES string of the molecule is CC12CC=C(C(OC(=O)OC(C3=CCC4(C)C(=O)CCC=C4C(C#N)(C#N)C3)C(C)(C)C)C(C)(C)C)CC(C#N)(C#N)C1=CCCC2=O. The predicted octanol–water partition coefficient (Wildman–Crippen LogP) is 8.07. The zero-order valence-electron chi connectivity index (χ0n) is 29.5. The van der Waals surface area contributed by atoms with E-state index in [9.17, 15) is 35.4 Å². The van der Waals surface area contributed by atoms with Crippen LogP contribution in [0.5, 0.6) is 0 Å². The average molecular weight is 651 g/mol. The van der Waals surface area contributed by atoms with Crippen LogP contribution in [0.1, 0.15) is 107 Å². The smallest absolute Gasteiger partial charge is 0.426 e. The maximum atomic E-state index is 13.9. The number of carbonyl (C=O) groups is 3. The summed E-state index contributed by atoms with van der Waals surface area (Å²) in [6.45, 7) is 14.8. The fourth-order valence-corrected chi connectivity index (χ4v) is 8.04. The molecule has 48 heavy (non-hydrogen) atoms.